The standard InChI is InChI=1S/C46H48F4N8O4S/c47-32-24-36(44(50)40(25-32)54-63(61,62)34-3-1-2-4-34)37-28-58(53-45(37)30-11-15-51-16-12-30)42-9-6-33(26-39(42)49)56-21-19-55(20-22-56)27-29-13-17-57(18-14-29)41-8-5-31(23-38(41)48)35-7-10-43(59)52-46(35)60/h5-6,8-9,11-12,15-16,23-26,28-29,34-35,54H,1-4,7,10,13-14,17-22,27H2,(H,52,59,60)/t35-/m1/s1. The Balaban J connectivity index is 0.844. The van der Waals surface area contributed by atoms with Crippen LogP contribution in [0.5, 0.6) is 0 Å². The van der Waals surface area contributed by atoms with Crippen molar-refractivity contribution in [3.05, 3.63) is 108 Å². The van der Waals surface area contributed by atoms with Gasteiger partial charge in [-0.3, -0.25) is 29.5 Å². The zero-order chi connectivity index (χ0) is 43.8. The molecule has 1 saturated carbocycles. The van der Waals surface area contributed by atoms with Crippen molar-refractivity contribution in [2.45, 2.75) is 62.5 Å². The summed E-state index contributed by atoms with van der Waals surface area (Å²) in [6, 6.07) is 14.9. The first-order valence-corrected chi connectivity index (χ1v) is 23.1. The Kier molecular flexibility index (Phi) is 12.0. The minimum absolute atomic E-state index is 0.0920. The molecule has 1 aliphatic carbocycles. The molecule has 330 valence electrons. The summed E-state index contributed by atoms with van der Waals surface area (Å²) in [5.74, 6) is -3.52. The van der Waals surface area contributed by atoms with Crippen molar-refractivity contribution < 1.29 is 35.6 Å². The number of benzene rings is 3. The minimum atomic E-state index is -3.97. The molecule has 0 spiro atoms. The van der Waals surface area contributed by atoms with Gasteiger partial charge < -0.3 is 9.80 Å². The van der Waals surface area contributed by atoms with Gasteiger partial charge in [0.1, 0.15) is 23.0 Å². The maximum atomic E-state index is 16.3. The largest absolute Gasteiger partial charge is 0.369 e. The van der Waals surface area contributed by atoms with E-state index in [1.54, 1.807) is 30.3 Å². The summed E-state index contributed by atoms with van der Waals surface area (Å²) >= 11 is 0. The lowest BCUT2D eigenvalue weighted by Crippen LogP contribution is -2.49. The highest BCUT2D eigenvalue weighted by Crippen LogP contribution is 2.38. The van der Waals surface area contributed by atoms with Gasteiger partial charge in [0.15, 0.2) is 11.6 Å². The van der Waals surface area contributed by atoms with Crippen molar-refractivity contribution in [2.75, 3.05) is 60.3 Å². The lowest BCUT2D eigenvalue weighted by molar-refractivity contribution is -0.134. The Morgan fingerprint density at radius 3 is 2.16 bits per heavy atom. The molecule has 63 heavy (non-hydrogen) atoms. The molecule has 3 aliphatic heterocycles. The molecule has 2 amide bonds. The van der Waals surface area contributed by atoms with Gasteiger partial charge in [0.25, 0.3) is 0 Å². The van der Waals surface area contributed by atoms with Gasteiger partial charge in [0.05, 0.1) is 22.5 Å². The number of nitrogens with zero attached hydrogens (tertiary/aromatic N) is 6. The molecule has 0 radical (unpaired) electrons. The number of nitrogens with one attached hydrogen (secondary N) is 2. The molecule has 0 unspecified atom stereocenters. The van der Waals surface area contributed by atoms with Gasteiger partial charge in [0, 0.05) is 99.3 Å². The van der Waals surface area contributed by atoms with Crippen molar-refractivity contribution in [3.63, 3.8) is 0 Å². The van der Waals surface area contributed by atoms with E-state index < -0.39 is 44.3 Å². The lowest BCUT2D eigenvalue weighted by atomic mass is 9.90. The number of hydrogen-bond donors (Lipinski definition) is 2. The van der Waals surface area contributed by atoms with Gasteiger partial charge in [-0.05, 0) is 92.1 Å². The SMILES string of the molecule is O=C1CC[C@H](c2ccc(N3CCC(CN4CCN(c5ccc(-n6cc(-c7cc(F)cc(NS(=O)(=O)C8CCCC8)c7F)c(-c7ccncc7)n6)c(F)c5)CC4)CC3)c(F)c2)C(=O)N1. The van der Waals surface area contributed by atoms with Crippen LogP contribution in [0.4, 0.5) is 34.6 Å². The monoisotopic (exact) mass is 884 g/mol. The lowest BCUT2D eigenvalue weighted by Gasteiger charge is -2.40. The fourth-order valence-corrected chi connectivity index (χ4v) is 11.1. The second-order valence-electron chi connectivity index (χ2n) is 17.0. The number of anilines is 3. The molecule has 2 aromatic heterocycles. The van der Waals surface area contributed by atoms with Crippen LogP contribution in [0, 0.1) is 29.2 Å². The fourth-order valence-electron chi connectivity index (χ4n) is 9.51. The number of piperidine rings is 2. The van der Waals surface area contributed by atoms with Crippen LogP contribution < -0.4 is 19.8 Å². The molecule has 12 nitrogen and oxygen atoms in total. The van der Waals surface area contributed by atoms with Crippen LogP contribution in [0.15, 0.2) is 79.3 Å². The average molecular weight is 885 g/mol. The molecule has 0 bridgehead atoms. The zero-order valence-corrected chi connectivity index (χ0v) is 35.4. The number of carbonyl (C=O) groups excluding carboxylic acids is 2. The highest BCUT2D eigenvalue weighted by molar-refractivity contribution is 7.93. The first-order chi connectivity index (χ1) is 30.4. The third-order valence-electron chi connectivity index (χ3n) is 13.0. The number of piperazine rings is 1. The molecule has 17 heteroatoms. The number of carbonyl (C=O) groups is 2. The van der Waals surface area contributed by atoms with Crippen molar-refractivity contribution in [3.8, 4) is 28.1 Å². The quantitative estimate of drug-likeness (QED) is 0.103. The minimum Gasteiger partial charge on any atom is -0.369 e. The first kappa shape index (κ1) is 42.5. The number of rotatable bonds is 11. The van der Waals surface area contributed by atoms with E-state index in [4.69, 9.17) is 0 Å². The molecule has 2 N–H and O–H groups in total. The molecule has 5 heterocycles. The summed E-state index contributed by atoms with van der Waals surface area (Å²) in [6.45, 7) is 5.29. The molecule has 4 fully saturated rings. The van der Waals surface area contributed by atoms with E-state index in [9.17, 15) is 18.0 Å². The molecular formula is C46H48F4N8O4S. The highest BCUT2D eigenvalue weighted by Gasteiger charge is 2.32. The summed E-state index contributed by atoms with van der Waals surface area (Å²) in [4.78, 5) is 34.5. The van der Waals surface area contributed by atoms with E-state index in [1.165, 1.54) is 35.4 Å². The second kappa shape index (κ2) is 17.8. The molecule has 3 saturated heterocycles. The number of amides is 2. The van der Waals surface area contributed by atoms with Crippen LogP contribution in [-0.2, 0) is 19.6 Å². The number of pyridine rings is 1. The predicted molar refractivity (Wildman–Crippen MR) is 232 cm³/mol. The van der Waals surface area contributed by atoms with Crippen molar-refractivity contribution >= 4 is 38.9 Å². The van der Waals surface area contributed by atoms with E-state index in [2.05, 4.69) is 34.8 Å². The molecule has 5 aromatic rings. The summed E-state index contributed by atoms with van der Waals surface area (Å²) in [5, 5.41) is 6.29. The van der Waals surface area contributed by atoms with Crippen LogP contribution in [0.3, 0.4) is 0 Å². The third-order valence-corrected chi connectivity index (χ3v) is 14.8. The van der Waals surface area contributed by atoms with Gasteiger partial charge in [-0.1, -0.05) is 18.9 Å². The van der Waals surface area contributed by atoms with Crippen molar-refractivity contribution in [2.24, 2.45) is 5.92 Å². The Morgan fingerprint density at radius 2 is 1.46 bits per heavy atom. The maximum absolute atomic E-state index is 16.3. The van der Waals surface area contributed by atoms with Gasteiger partial charge in [-0.2, -0.15) is 5.10 Å². The Morgan fingerprint density at radius 1 is 0.746 bits per heavy atom. The van der Waals surface area contributed by atoms with Crippen molar-refractivity contribution in [1.29, 1.82) is 0 Å². The number of sulfonamides is 1. The summed E-state index contributed by atoms with van der Waals surface area (Å²) in [5.41, 5.74) is 2.04. The van der Waals surface area contributed by atoms with Gasteiger partial charge >= 0.3 is 0 Å². The number of halogens is 4. The Bertz CT molecular complexity index is 2630. The second-order valence-corrected chi connectivity index (χ2v) is 19.0. The van der Waals surface area contributed by atoms with E-state index >= 15 is 17.6 Å². The molecule has 9 rings (SSSR count). The number of imide groups is 1. The maximum Gasteiger partial charge on any atom is 0.235 e. The highest BCUT2D eigenvalue weighted by atomic mass is 32.2. The number of aromatic nitrogens is 3. The fraction of sp³-hybridized carbons (Fsp3) is 0.391. The topological polar surface area (TPSA) is 133 Å². The average Bonchev–Trinajstić information content (AvgIpc) is 3.98. The van der Waals surface area contributed by atoms with Crippen LogP contribution in [-0.4, -0.2) is 91.0 Å². The normalized spacial score (nSPS) is 19.5. The van der Waals surface area contributed by atoms with Gasteiger partial charge in [0.2, 0.25) is 21.8 Å². The zero-order valence-electron chi connectivity index (χ0n) is 34.6. The van der Waals surface area contributed by atoms with E-state index in [-0.39, 0.29) is 46.6 Å². The van der Waals surface area contributed by atoms with Crippen LogP contribution in [0.1, 0.15) is 62.8 Å². The van der Waals surface area contributed by atoms with Crippen LogP contribution in [0.2, 0.25) is 0 Å². The summed E-state index contributed by atoms with van der Waals surface area (Å²) in [7, 11) is -3.97. The van der Waals surface area contributed by atoms with E-state index in [0.29, 0.717) is 73.9 Å². The third kappa shape index (κ3) is 9.03. The van der Waals surface area contributed by atoms with Gasteiger partial charge in [-0.25, -0.2) is 30.7 Å². The van der Waals surface area contributed by atoms with Gasteiger partial charge in [-0.15, -0.1) is 0 Å². The van der Waals surface area contributed by atoms with Crippen LogP contribution >= 0.6 is 0 Å². The summed E-state index contributed by atoms with van der Waals surface area (Å²) in [6.07, 6.45) is 9.28. The molecule has 1 atom stereocenters. The van der Waals surface area contributed by atoms with Crippen molar-refractivity contribution in [1.82, 2.24) is 25.0 Å². The Labute approximate surface area is 363 Å². The Hall–Kier alpha value is -5.81. The smallest absolute Gasteiger partial charge is 0.235 e. The molecule has 4 aliphatic rings. The van der Waals surface area contributed by atoms with Crippen LogP contribution in [0.25, 0.3) is 28.1 Å². The first-order valence-electron chi connectivity index (χ1n) is 21.6. The number of hydrogen-bond acceptors (Lipinski definition) is 9. The molecular weight excluding hydrogens is 837 g/mol. The molecule has 3 aromatic carbocycles. The van der Waals surface area contributed by atoms with E-state index in [1.807, 2.05) is 6.07 Å². The predicted octanol–water partition coefficient (Wildman–Crippen LogP) is 7.40. The summed E-state index contributed by atoms with van der Waals surface area (Å²) < 4.78 is 92.6. The van der Waals surface area contributed by atoms with E-state index in [0.717, 1.165) is 57.5 Å².